The first-order valence-corrected chi connectivity index (χ1v) is 6.28. The Labute approximate surface area is 106 Å². The Kier molecular flexibility index (Phi) is 4.15. The molecule has 0 bridgehead atoms. The molecule has 0 spiro atoms. The summed E-state index contributed by atoms with van der Waals surface area (Å²) >= 11 is 0. The lowest BCUT2D eigenvalue weighted by molar-refractivity contribution is 0.432. The third kappa shape index (κ3) is 2.79. The highest BCUT2D eigenvalue weighted by Gasteiger charge is 2.14. The van der Waals surface area contributed by atoms with Gasteiger partial charge in [0.05, 0.1) is 6.04 Å². The van der Waals surface area contributed by atoms with Crippen molar-refractivity contribution in [3.05, 3.63) is 48.5 Å². The van der Waals surface area contributed by atoms with Gasteiger partial charge in [-0.25, -0.2) is 4.39 Å². The molecule has 96 valence electrons. The summed E-state index contributed by atoms with van der Waals surface area (Å²) < 4.78 is 18.9. The molecule has 2 rings (SSSR count). The van der Waals surface area contributed by atoms with Crippen LogP contribution < -0.4 is 5.32 Å². The van der Waals surface area contributed by atoms with Gasteiger partial charge in [0.2, 0.25) is 0 Å². The molecule has 1 aromatic carbocycles. The zero-order chi connectivity index (χ0) is 13.0. The van der Waals surface area contributed by atoms with Crippen molar-refractivity contribution in [3.63, 3.8) is 0 Å². The van der Waals surface area contributed by atoms with Gasteiger partial charge in [-0.1, -0.05) is 13.0 Å². The van der Waals surface area contributed by atoms with Crippen LogP contribution in [0.15, 0.2) is 41.3 Å². The molecule has 0 radical (unpaired) electrons. The van der Waals surface area contributed by atoms with Crippen LogP contribution in [-0.4, -0.2) is 6.54 Å². The van der Waals surface area contributed by atoms with Crippen molar-refractivity contribution in [2.24, 2.45) is 0 Å². The Morgan fingerprint density at radius 1 is 1.44 bits per heavy atom. The van der Waals surface area contributed by atoms with Crippen LogP contribution in [0.2, 0.25) is 0 Å². The SMILES string of the molecule is C=CCC(NCCC)c1cc2cc(F)ccc2o1. The Balaban J connectivity index is 2.28. The summed E-state index contributed by atoms with van der Waals surface area (Å²) in [7, 11) is 0. The van der Waals surface area contributed by atoms with Crippen LogP contribution in [0, 0.1) is 5.82 Å². The third-order valence-corrected chi connectivity index (χ3v) is 2.88. The highest BCUT2D eigenvalue weighted by Crippen LogP contribution is 2.26. The fraction of sp³-hybridized carbons (Fsp3) is 0.333. The summed E-state index contributed by atoms with van der Waals surface area (Å²) in [5.74, 6) is 0.598. The second-order valence-electron chi connectivity index (χ2n) is 4.36. The number of nitrogens with one attached hydrogen (secondary N) is 1. The minimum Gasteiger partial charge on any atom is -0.459 e. The molecular formula is C15H18FNO. The van der Waals surface area contributed by atoms with Gasteiger partial charge in [0.1, 0.15) is 17.2 Å². The van der Waals surface area contributed by atoms with Crippen molar-refractivity contribution in [2.45, 2.75) is 25.8 Å². The summed E-state index contributed by atoms with van der Waals surface area (Å²) in [6.45, 7) is 6.80. The Morgan fingerprint density at radius 3 is 3.00 bits per heavy atom. The van der Waals surface area contributed by atoms with E-state index in [0.29, 0.717) is 0 Å². The topological polar surface area (TPSA) is 25.2 Å². The van der Waals surface area contributed by atoms with E-state index in [2.05, 4.69) is 18.8 Å². The molecule has 0 saturated heterocycles. The number of fused-ring (bicyclic) bond motifs is 1. The summed E-state index contributed by atoms with van der Waals surface area (Å²) in [6, 6.07) is 6.58. The first-order valence-electron chi connectivity index (χ1n) is 6.28. The Bertz CT molecular complexity index is 532. The van der Waals surface area contributed by atoms with Crippen molar-refractivity contribution in [1.82, 2.24) is 5.32 Å². The normalized spacial score (nSPS) is 12.8. The standard InChI is InChI=1S/C15H18FNO/c1-3-5-13(17-8-4-2)15-10-11-9-12(16)6-7-14(11)18-15/h3,6-7,9-10,13,17H,1,4-5,8H2,2H3. The second-order valence-corrected chi connectivity index (χ2v) is 4.36. The number of hydrogen-bond acceptors (Lipinski definition) is 2. The van der Waals surface area contributed by atoms with E-state index in [1.54, 1.807) is 6.07 Å². The molecule has 1 atom stereocenters. The Hall–Kier alpha value is -1.61. The van der Waals surface area contributed by atoms with E-state index in [1.165, 1.54) is 12.1 Å². The molecular weight excluding hydrogens is 229 g/mol. The lowest BCUT2D eigenvalue weighted by atomic mass is 10.1. The first-order chi connectivity index (χ1) is 8.74. The van der Waals surface area contributed by atoms with Crippen LogP contribution in [0.1, 0.15) is 31.6 Å². The molecule has 1 unspecified atom stereocenters. The van der Waals surface area contributed by atoms with Gasteiger partial charge < -0.3 is 9.73 Å². The van der Waals surface area contributed by atoms with Crippen molar-refractivity contribution < 1.29 is 8.81 Å². The highest BCUT2D eigenvalue weighted by molar-refractivity contribution is 5.78. The number of rotatable bonds is 6. The molecule has 0 aliphatic heterocycles. The van der Waals surface area contributed by atoms with Gasteiger partial charge in [-0.15, -0.1) is 6.58 Å². The van der Waals surface area contributed by atoms with Crippen LogP contribution in [0.3, 0.4) is 0 Å². The molecule has 2 aromatic rings. The van der Waals surface area contributed by atoms with E-state index in [0.717, 1.165) is 36.1 Å². The van der Waals surface area contributed by atoms with Gasteiger partial charge in [-0.05, 0) is 43.7 Å². The number of benzene rings is 1. The van der Waals surface area contributed by atoms with E-state index in [9.17, 15) is 4.39 Å². The fourth-order valence-electron chi connectivity index (χ4n) is 1.99. The largest absolute Gasteiger partial charge is 0.459 e. The van der Waals surface area contributed by atoms with Gasteiger partial charge in [0, 0.05) is 5.39 Å². The lowest BCUT2D eigenvalue weighted by Gasteiger charge is -2.13. The van der Waals surface area contributed by atoms with Crippen molar-refractivity contribution in [3.8, 4) is 0 Å². The lowest BCUT2D eigenvalue weighted by Crippen LogP contribution is -2.21. The fourth-order valence-corrected chi connectivity index (χ4v) is 1.99. The summed E-state index contributed by atoms with van der Waals surface area (Å²) in [5.41, 5.74) is 0.721. The molecule has 0 aliphatic carbocycles. The van der Waals surface area contributed by atoms with Gasteiger partial charge >= 0.3 is 0 Å². The molecule has 2 nitrogen and oxygen atoms in total. The van der Waals surface area contributed by atoms with E-state index in [4.69, 9.17) is 4.42 Å². The zero-order valence-corrected chi connectivity index (χ0v) is 10.6. The minimum absolute atomic E-state index is 0.109. The molecule has 18 heavy (non-hydrogen) atoms. The van der Waals surface area contributed by atoms with Gasteiger partial charge in [-0.2, -0.15) is 0 Å². The maximum Gasteiger partial charge on any atom is 0.134 e. The second kappa shape index (κ2) is 5.83. The predicted octanol–water partition coefficient (Wildman–Crippen LogP) is 4.19. The maximum absolute atomic E-state index is 13.1. The molecule has 3 heteroatoms. The first kappa shape index (κ1) is 12.8. The summed E-state index contributed by atoms with van der Waals surface area (Å²) in [4.78, 5) is 0. The molecule has 1 aromatic heterocycles. The van der Waals surface area contributed by atoms with Crippen molar-refractivity contribution >= 4 is 11.0 Å². The number of halogens is 1. The molecule has 0 saturated carbocycles. The average molecular weight is 247 g/mol. The van der Waals surface area contributed by atoms with Crippen molar-refractivity contribution in [2.75, 3.05) is 6.54 Å². The van der Waals surface area contributed by atoms with Crippen LogP contribution >= 0.6 is 0 Å². The summed E-state index contributed by atoms with van der Waals surface area (Å²) in [6.07, 6.45) is 3.71. The maximum atomic E-state index is 13.1. The quantitative estimate of drug-likeness (QED) is 0.774. The minimum atomic E-state index is -0.239. The monoisotopic (exact) mass is 247 g/mol. The van der Waals surface area contributed by atoms with Crippen LogP contribution in [0.25, 0.3) is 11.0 Å². The smallest absolute Gasteiger partial charge is 0.134 e. The van der Waals surface area contributed by atoms with Gasteiger partial charge in [-0.3, -0.25) is 0 Å². The average Bonchev–Trinajstić information content (AvgIpc) is 2.77. The molecule has 1 N–H and O–H groups in total. The van der Waals surface area contributed by atoms with E-state index in [-0.39, 0.29) is 11.9 Å². The van der Waals surface area contributed by atoms with E-state index < -0.39 is 0 Å². The van der Waals surface area contributed by atoms with Crippen molar-refractivity contribution in [1.29, 1.82) is 0 Å². The predicted molar refractivity (Wildman–Crippen MR) is 72.0 cm³/mol. The number of hydrogen-bond donors (Lipinski definition) is 1. The molecule has 0 amide bonds. The van der Waals surface area contributed by atoms with Crippen LogP contribution in [0.5, 0.6) is 0 Å². The van der Waals surface area contributed by atoms with Crippen LogP contribution in [-0.2, 0) is 0 Å². The summed E-state index contributed by atoms with van der Waals surface area (Å²) in [5, 5.41) is 4.21. The van der Waals surface area contributed by atoms with E-state index >= 15 is 0 Å². The third-order valence-electron chi connectivity index (χ3n) is 2.88. The zero-order valence-electron chi connectivity index (χ0n) is 10.6. The molecule has 0 fully saturated rings. The Morgan fingerprint density at radius 2 is 2.28 bits per heavy atom. The van der Waals surface area contributed by atoms with Gasteiger partial charge in [0.25, 0.3) is 0 Å². The molecule has 1 heterocycles. The van der Waals surface area contributed by atoms with Gasteiger partial charge in [0.15, 0.2) is 0 Å². The molecule has 0 aliphatic rings. The van der Waals surface area contributed by atoms with Crippen LogP contribution in [0.4, 0.5) is 4.39 Å². The van der Waals surface area contributed by atoms with E-state index in [1.807, 2.05) is 12.1 Å². The highest BCUT2D eigenvalue weighted by atomic mass is 19.1. The number of furan rings is 1.